The first-order chi connectivity index (χ1) is 9.74. The van der Waals surface area contributed by atoms with E-state index in [2.05, 4.69) is 4.90 Å². The molecule has 2 fully saturated rings. The van der Waals surface area contributed by atoms with Gasteiger partial charge in [0, 0.05) is 12.6 Å². The third kappa shape index (κ3) is 2.82. The van der Waals surface area contributed by atoms with Gasteiger partial charge in [0.15, 0.2) is 0 Å². The van der Waals surface area contributed by atoms with E-state index in [4.69, 9.17) is 0 Å². The molecule has 1 aromatic rings. The first-order valence-corrected chi connectivity index (χ1v) is 7.81. The molecule has 0 spiro atoms. The molecule has 108 valence electrons. The molecule has 3 nitrogen and oxygen atoms in total. The Balaban J connectivity index is 1.66. The summed E-state index contributed by atoms with van der Waals surface area (Å²) in [5.74, 6) is 1.19. The second-order valence-corrected chi connectivity index (χ2v) is 6.19. The summed E-state index contributed by atoms with van der Waals surface area (Å²) >= 11 is 0. The van der Waals surface area contributed by atoms with Gasteiger partial charge >= 0.3 is 0 Å². The fourth-order valence-corrected chi connectivity index (χ4v) is 3.88. The van der Waals surface area contributed by atoms with Gasteiger partial charge in [-0.15, -0.1) is 0 Å². The number of phenolic OH excluding ortho intramolecular Hbond substituents is 1. The molecule has 2 aliphatic rings. The van der Waals surface area contributed by atoms with E-state index in [-0.39, 0.29) is 11.7 Å². The Kier molecular flexibility index (Phi) is 3.95. The maximum absolute atomic E-state index is 12.5. The van der Waals surface area contributed by atoms with Gasteiger partial charge in [0.2, 0.25) is 5.91 Å². The molecule has 0 radical (unpaired) electrons. The molecule has 1 aliphatic carbocycles. The van der Waals surface area contributed by atoms with Crippen LogP contribution in [0.1, 0.15) is 44.1 Å². The summed E-state index contributed by atoms with van der Waals surface area (Å²) in [4.78, 5) is 14.6. The maximum atomic E-state index is 12.5. The van der Waals surface area contributed by atoms with Crippen molar-refractivity contribution in [2.75, 3.05) is 6.54 Å². The number of amides is 1. The predicted molar refractivity (Wildman–Crippen MR) is 78.5 cm³/mol. The second-order valence-electron chi connectivity index (χ2n) is 6.19. The van der Waals surface area contributed by atoms with Gasteiger partial charge in [-0.1, -0.05) is 25.0 Å². The molecule has 3 heteroatoms. The highest BCUT2D eigenvalue weighted by molar-refractivity contribution is 5.79. The molecule has 1 heterocycles. The van der Waals surface area contributed by atoms with Crippen LogP contribution in [0.4, 0.5) is 0 Å². The lowest BCUT2D eigenvalue weighted by atomic mass is 9.95. The molecule has 0 bridgehead atoms. The fraction of sp³-hybridized carbons (Fsp3) is 0.588. The lowest BCUT2D eigenvalue weighted by Crippen LogP contribution is -2.40. The molecule has 1 aliphatic heterocycles. The summed E-state index contributed by atoms with van der Waals surface area (Å²) in [5, 5.41) is 9.49. The maximum Gasteiger partial charge on any atom is 0.227 e. The molecule has 1 atom stereocenters. The molecule has 3 rings (SSSR count). The second kappa shape index (κ2) is 5.86. The van der Waals surface area contributed by atoms with Crippen LogP contribution in [0.25, 0.3) is 0 Å². The average Bonchev–Trinajstić information content (AvgIpc) is 3.09. The fourth-order valence-electron chi connectivity index (χ4n) is 3.88. The van der Waals surface area contributed by atoms with Crippen molar-refractivity contribution in [3.63, 3.8) is 0 Å². The molecule has 1 saturated heterocycles. The van der Waals surface area contributed by atoms with Crippen molar-refractivity contribution in [3.05, 3.63) is 29.8 Å². The summed E-state index contributed by atoms with van der Waals surface area (Å²) in [6.07, 6.45) is 7.98. The zero-order valence-electron chi connectivity index (χ0n) is 11.9. The zero-order chi connectivity index (χ0) is 13.9. The van der Waals surface area contributed by atoms with Crippen LogP contribution in [0, 0.1) is 5.92 Å². The van der Waals surface area contributed by atoms with Gasteiger partial charge in [-0.3, -0.25) is 4.79 Å². The van der Waals surface area contributed by atoms with E-state index in [0.29, 0.717) is 12.5 Å². The van der Waals surface area contributed by atoms with Gasteiger partial charge < -0.3 is 10.0 Å². The number of carbonyl (C=O) groups excluding carboxylic acids is 1. The molecule has 20 heavy (non-hydrogen) atoms. The highest BCUT2D eigenvalue weighted by Gasteiger charge is 2.35. The van der Waals surface area contributed by atoms with Crippen molar-refractivity contribution in [2.45, 2.75) is 51.0 Å². The first kappa shape index (κ1) is 13.5. The quantitative estimate of drug-likeness (QED) is 0.919. The molecule has 1 amide bonds. The van der Waals surface area contributed by atoms with E-state index < -0.39 is 0 Å². The molecule has 1 unspecified atom stereocenters. The normalized spacial score (nSPS) is 23.4. The summed E-state index contributed by atoms with van der Waals surface area (Å²) in [7, 11) is 0. The summed E-state index contributed by atoms with van der Waals surface area (Å²) < 4.78 is 0. The van der Waals surface area contributed by atoms with Gasteiger partial charge in [-0.25, -0.2) is 0 Å². The van der Waals surface area contributed by atoms with Crippen LogP contribution in [0.3, 0.4) is 0 Å². The van der Waals surface area contributed by atoms with Crippen LogP contribution >= 0.6 is 0 Å². The van der Waals surface area contributed by atoms with Gasteiger partial charge in [0.25, 0.3) is 0 Å². The molecule has 1 N–H and O–H groups in total. The average molecular weight is 273 g/mol. The lowest BCUT2D eigenvalue weighted by molar-refractivity contribution is -0.132. The van der Waals surface area contributed by atoms with Gasteiger partial charge in [-0.2, -0.15) is 0 Å². The zero-order valence-corrected chi connectivity index (χ0v) is 11.9. The summed E-state index contributed by atoms with van der Waals surface area (Å²) in [5.41, 5.74) is 0.909. The van der Waals surface area contributed by atoms with Crippen LogP contribution in [0.15, 0.2) is 24.3 Å². The third-order valence-corrected chi connectivity index (χ3v) is 4.83. The van der Waals surface area contributed by atoms with Crippen LogP contribution in [0.5, 0.6) is 5.75 Å². The summed E-state index contributed by atoms with van der Waals surface area (Å²) in [6.45, 7) is 0.915. The Hall–Kier alpha value is -1.51. The Morgan fingerprint density at radius 1 is 1.20 bits per heavy atom. The van der Waals surface area contributed by atoms with Crippen molar-refractivity contribution >= 4 is 5.91 Å². The Morgan fingerprint density at radius 2 is 2.00 bits per heavy atom. The van der Waals surface area contributed by atoms with E-state index in [9.17, 15) is 9.90 Å². The number of carbonyl (C=O) groups is 1. The van der Waals surface area contributed by atoms with E-state index in [1.165, 1.54) is 32.1 Å². The molecule has 0 aromatic heterocycles. The Bertz CT molecular complexity index is 480. The van der Waals surface area contributed by atoms with Crippen LogP contribution in [-0.2, 0) is 11.2 Å². The van der Waals surface area contributed by atoms with Gasteiger partial charge in [0.05, 0.1) is 6.42 Å². The van der Waals surface area contributed by atoms with E-state index in [1.54, 1.807) is 18.2 Å². The van der Waals surface area contributed by atoms with E-state index in [0.717, 1.165) is 24.4 Å². The highest BCUT2D eigenvalue weighted by atomic mass is 16.3. The largest absolute Gasteiger partial charge is 0.508 e. The topological polar surface area (TPSA) is 40.5 Å². The number of phenols is 1. The highest BCUT2D eigenvalue weighted by Crippen LogP contribution is 2.35. The van der Waals surface area contributed by atoms with Crippen LogP contribution < -0.4 is 0 Å². The minimum Gasteiger partial charge on any atom is -0.508 e. The molecule has 1 aromatic carbocycles. The Morgan fingerprint density at radius 3 is 2.75 bits per heavy atom. The Labute approximate surface area is 120 Å². The first-order valence-electron chi connectivity index (χ1n) is 7.81. The molecular formula is C17H23NO2. The number of likely N-dealkylation sites (tertiary alicyclic amines) is 1. The number of benzene rings is 1. The number of hydrogen-bond donors (Lipinski definition) is 1. The standard InChI is InChI=1S/C17H23NO2/c19-15-8-3-5-13(11-15)12-17(20)18-10-4-9-16(18)14-6-1-2-7-14/h3,5,8,11,14,16,19H,1-2,4,6-7,9-10,12H2. The minimum absolute atomic E-state index is 0.227. The van der Waals surface area contributed by atoms with Crippen molar-refractivity contribution in [2.24, 2.45) is 5.92 Å². The number of aromatic hydroxyl groups is 1. The number of nitrogens with zero attached hydrogens (tertiary/aromatic N) is 1. The molecule has 1 saturated carbocycles. The predicted octanol–water partition coefficient (Wildman–Crippen LogP) is 3.12. The smallest absolute Gasteiger partial charge is 0.227 e. The number of rotatable bonds is 3. The van der Waals surface area contributed by atoms with E-state index in [1.807, 2.05) is 6.07 Å². The lowest BCUT2D eigenvalue weighted by Gasteiger charge is -2.29. The minimum atomic E-state index is 0.227. The van der Waals surface area contributed by atoms with Crippen LogP contribution in [0.2, 0.25) is 0 Å². The SMILES string of the molecule is O=C(Cc1cccc(O)c1)N1CCCC1C1CCCC1. The number of hydrogen-bond acceptors (Lipinski definition) is 2. The van der Waals surface area contributed by atoms with Gasteiger partial charge in [0.1, 0.15) is 5.75 Å². The van der Waals surface area contributed by atoms with Crippen molar-refractivity contribution in [1.29, 1.82) is 0 Å². The van der Waals surface area contributed by atoms with E-state index >= 15 is 0 Å². The summed E-state index contributed by atoms with van der Waals surface area (Å²) in [6, 6.07) is 7.53. The van der Waals surface area contributed by atoms with Gasteiger partial charge in [-0.05, 0) is 49.3 Å². The monoisotopic (exact) mass is 273 g/mol. The van der Waals surface area contributed by atoms with Crippen LogP contribution in [-0.4, -0.2) is 28.5 Å². The van der Waals surface area contributed by atoms with Crippen molar-refractivity contribution in [1.82, 2.24) is 4.90 Å². The molecular weight excluding hydrogens is 250 g/mol. The third-order valence-electron chi connectivity index (χ3n) is 4.83. The van der Waals surface area contributed by atoms with Crippen molar-refractivity contribution < 1.29 is 9.90 Å². The van der Waals surface area contributed by atoms with Crippen molar-refractivity contribution in [3.8, 4) is 5.75 Å².